The molecule has 1 aliphatic heterocycles. The summed E-state index contributed by atoms with van der Waals surface area (Å²) in [5.74, 6) is -0.415. The third kappa shape index (κ3) is 3.43. The Bertz CT molecular complexity index is 514. The third-order valence-electron chi connectivity index (χ3n) is 2.86. The molecule has 1 saturated heterocycles. The summed E-state index contributed by atoms with van der Waals surface area (Å²) in [5, 5.41) is 13.4. The number of hydrogen-bond acceptors (Lipinski definition) is 6. The van der Waals surface area contributed by atoms with Gasteiger partial charge in [-0.25, -0.2) is 0 Å². The highest BCUT2D eigenvalue weighted by Crippen LogP contribution is 2.22. The van der Waals surface area contributed by atoms with E-state index in [1.54, 1.807) is 0 Å². The number of carbonyl (C=O) groups excluding carboxylic acids is 1. The van der Waals surface area contributed by atoms with Crippen LogP contribution in [0.2, 0.25) is 0 Å². The summed E-state index contributed by atoms with van der Waals surface area (Å²) < 4.78 is 10.6. The van der Waals surface area contributed by atoms with Crippen molar-refractivity contribution >= 4 is 17.3 Å². The summed E-state index contributed by atoms with van der Waals surface area (Å²) in [4.78, 5) is 22.0. The molecule has 3 N–H and O–H groups in total. The molecule has 8 heteroatoms. The molecule has 8 nitrogen and oxygen atoms in total. The van der Waals surface area contributed by atoms with E-state index < -0.39 is 10.8 Å². The molecule has 0 radical (unpaired) electrons. The van der Waals surface area contributed by atoms with Crippen LogP contribution < -0.4 is 11.1 Å². The highest BCUT2D eigenvalue weighted by molar-refractivity contribution is 5.95. The summed E-state index contributed by atoms with van der Waals surface area (Å²) in [6, 6.07) is 3.94. The molecule has 0 aromatic heterocycles. The second-order valence-electron chi connectivity index (χ2n) is 4.31. The van der Waals surface area contributed by atoms with Gasteiger partial charge < -0.3 is 20.5 Å². The zero-order chi connectivity index (χ0) is 14.5. The Morgan fingerprint density at radius 1 is 1.50 bits per heavy atom. The van der Waals surface area contributed by atoms with Crippen LogP contribution in [0.25, 0.3) is 0 Å². The minimum absolute atomic E-state index is 0.0237. The number of rotatable bonds is 4. The van der Waals surface area contributed by atoms with E-state index >= 15 is 0 Å². The first kappa shape index (κ1) is 14.2. The van der Waals surface area contributed by atoms with E-state index in [0.717, 1.165) is 6.07 Å². The van der Waals surface area contributed by atoms with Gasteiger partial charge in [-0.05, 0) is 12.1 Å². The van der Waals surface area contributed by atoms with E-state index in [9.17, 15) is 14.9 Å². The number of amides is 1. The topological polar surface area (TPSA) is 117 Å². The molecule has 108 valence electrons. The van der Waals surface area contributed by atoms with Crippen molar-refractivity contribution in [2.75, 3.05) is 32.1 Å². The maximum absolute atomic E-state index is 11.9. The fraction of sp³-hybridized carbons (Fsp3) is 0.417. The number of nitrogens with zero attached hydrogens (tertiary/aromatic N) is 1. The van der Waals surface area contributed by atoms with Gasteiger partial charge in [-0.3, -0.25) is 14.9 Å². The minimum atomic E-state index is -0.621. The van der Waals surface area contributed by atoms with Gasteiger partial charge in [-0.2, -0.15) is 0 Å². The lowest BCUT2D eigenvalue weighted by atomic mass is 10.1. The number of nitro benzene ring substituents is 1. The second-order valence-corrected chi connectivity index (χ2v) is 4.31. The van der Waals surface area contributed by atoms with Gasteiger partial charge in [-0.15, -0.1) is 0 Å². The number of anilines is 1. The van der Waals surface area contributed by atoms with E-state index in [-0.39, 0.29) is 29.6 Å². The van der Waals surface area contributed by atoms with Crippen LogP contribution in [0.4, 0.5) is 11.4 Å². The molecule has 0 spiro atoms. The predicted molar refractivity (Wildman–Crippen MR) is 70.4 cm³/mol. The van der Waals surface area contributed by atoms with Crippen LogP contribution in [0.15, 0.2) is 18.2 Å². The predicted octanol–water partition coefficient (Wildman–Crippen LogP) is 0.322. The third-order valence-corrected chi connectivity index (χ3v) is 2.86. The summed E-state index contributed by atoms with van der Waals surface area (Å²) >= 11 is 0. The fourth-order valence-electron chi connectivity index (χ4n) is 1.81. The Morgan fingerprint density at radius 3 is 2.95 bits per heavy atom. The Kier molecular flexibility index (Phi) is 4.49. The molecule has 20 heavy (non-hydrogen) atoms. The Balaban J connectivity index is 1.98. The first-order valence-corrected chi connectivity index (χ1v) is 6.09. The van der Waals surface area contributed by atoms with Crippen LogP contribution in [0.5, 0.6) is 0 Å². The quantitative estimate of drug-likeness (QED) is 0.466. The van der Waals surface area contributed by atoms with E-state index in [4.69, 9.17) is 15.2 Å². The number of nitrogens with two attached hydrogens (primary N) is 1. The number of ether oxygens (including phenoxy) is 2. The van der Waals surface area contributed by atoms with Gasteiger partial charge in [0, 0.05) is 18.2 Å². The molecular weight excluding hydrogens is 266 g/mol. The lowest BCUT2D eigenvalue weighted by molar-refractivity contribution is -0.383. The van der Waals surface area contributed by atoms with E-state index in [1.807, 2.05) is 0 Å². The molecule has 1 amide bonds. The minimum Gasteiger partial charge on any atom is -0.393 e. The van der Waals surface area contributed by atoms with E-state index in [1.165, 1.54) is 12.1 Å². The maximum Gasteiger partial charge on any atom is 0.292 e. The first-order valence-electron chi connectivity index (χ1n) is 6.09. The van der Waals surface area contributed by atoms with Crippen molar-refractivity contribution in [3.05, 3.63) is 33.9 Å². The molecular formula is C12H15N3O5. The fourth-order valence-corrected chi connectivity index (χ4v) is 1.81. The van der Waals surface area contributed by atoms with Gasteiger partial charge >= 0.3 is 0 Å². The van der Waals surface area contributed by atoms with Crippen LogP contribution in [-0.4, -0.2) is 43.3 Å². The van der Waals surface area contributed by atoms with Crippen molar-refractivity contribution < 1.29 is 19.2 Å². The molecule has 1 atom stereocenters. The lowest BCUT2D eigenvalue weighted by Crippen LogP contribution is -2.39. The van der Waals surface area contributed by atoms with Crippen LogP contribution >= 0.6 is 0 Å². The largest absolute Gasteiger partial charge is 0.393 e. The van der Waals surface area contributed by atoms with Gasteiger partial charge in [0.05, 0.1) is 30.8 Å². The van der Waals surface area contributed by atoms with Crippen molar-refractivity contribution in [2.45, 2.75) is 6.10 Å². The van der Waals surface area contributed by atoms with Crippen molar-refractivity contribution in [1.29, 1.82) is 0 Å². The SMILES string of the molecule is Nc1ccc(C(=O)NCC2COCCO2)cc1[N+](=O)[O-]. The van der Waals surface area contributed by atoms with Gasteiger partial charge in [0.1, 0.15) is 5.69 Å². The van der Waals surface area contributed by atoms with Gasteiger partial charge in [0.25, 0.3) is 11.6 Å². The normalized spacial score (nSPS) is 18.5. The van der Waals surface area contributed by atoms with Crippen LogP contribution in [0.1, 0.15) is 10.4 Å². The lowest BCUT2D eigenvalue weighted by Gasteiger charge is -2.23. The van der Waals surface area contributed by atoms with Crippen molar-refractivity contribution in [1.82, 2.24) is 5.32 Å². The number of nitro groups is 1. The van der Waals surface area contributed by atoms with Crippen LogP contribution in [0, 0.1) is 10.1 Å². The van der Waals surface area contributed by atoms with Crippen LogP contribution in [-0.2, 0) is 9.47 Å². The number of hydrogen-bond donors (Lipinski definition) is 2. The molecule has 1 aromatic rings. The first-order chi connectivity index (χ1) is 9.58. The summed E-state index contributed by atoms with van der Waals surface area (Å²) in [5.41, 5.74) is 5.40. The molecule has 1 aromatic carbocycles. The second kappa shape index (κ2) is 6.31. The van der Waals surface area contributed by atoms with Crippen molar-refractivity contribution in [3.8, 4) is 0 Å². The molecule has 0 saturated carbocycles. The summed E-state index contributed by atoms with van der Waals surface area (Å²) in [6.07, 6.45) is -0.198. The summed E-state index contributed by atoms with van der Waals surface area (Å²) in [7, 11) is 0. The van der Waals surface area contributed by atoms with Gasteiger partial charge in [0.2, 0.25) is 0 Å². The average Bonchev–Trinajstić information content (AvgIpc) is 2.46. The number of nitrogen functional groups attached to an aromatic ring is 1. The zero-order valence-electron chi connectivity index (χ0n) is 10.7. The zero-order valence-corrected chi connectivity index (χ0v) is 10.7. The molecule has 1 aliphatic rings. The highest BCUT2D eigenvalue weighted by atomic mass is 16.6. The molecule has 1 heterocycles. The number of carbonyl (C=O) groups is 1. The molecule has 1 unspecified atom stereocenters. The number of benzene rings is 1. The van der Waals surface area contributed by atoms with Crippen molar-refractivity contribution in [2.24, 2.45) is 0 Å². The monoisotopic (exact) mass is 281 g/mol. The Morgan fingerprint density at radius 2 is 2.30 bits per heavy atom. The molecule has 0 bridgehead atoms. The van der Waals surface area contributed by atoms with Crippen molar-refractivity contribution in [3.63, 3.8) is 0 Å². The number of nitrogens with one attached hydrogen (secondary N) is 1. The highest BCUT2D eigenvalue weighted by Gasteiger charge is 2.18. The van der Waals surface area contributed by atoms with Gasteiger partial charge in [0.15, 0.2) is 0 Å². The van der Waals surface area contributed by atoms with Crippen LogP contribution in [0.3, 0.4) is 0 Å². The molecule has 2 rings (SSSR count). The average molecular weight is 281 g/mol. The van der Waals surface area contributed by atoms with E-state index in [0.29, 0.717) is 19.8 Å². The smallest absolute Gasteiger partial charge is 0.292 e. The maximum atomic E-state index is 11.9. The van der Waals surface area contributed by atoms with E-state index in [2.05, 4.69) is 5.32 Å². The molecule has 1 fully saturated rings. The standard InChI is InChI=1S/C12H15N3O5/c13-10-2-1-8(5-11(10)15(17)18)12(16)14-6-9-7-19-3-4-20-9/h1-2,5,9H,3-4,6-7,13H2,(H,14,16). The molecule has 0 aliphatic carbocycles. The summed E-state index contributed by atoms with van der Waals surface area (Å²) in [6.45, 7) is 1.75. The Hall–Kier alpha value is -2.19. The Labute approximate surface area is 115 Å². The van der Waals surface area contributed by atoms with Gasteiger partial charge in [-0.1, -0.05) is 0 Å².